The van der Waals surface area contributed by atoms with Crippen LogP contribution in [0, 0.1) is 0 Å². The fourth-order valence-corrected chi connectivity index (χ4v) is 3.47. The Morgan fingerprint density at radius 3 is 2.27 bits per heavy atom. The van der Waals surface area contributed by atoms with Crippen LogP contribution in [0.15, 0.2) is 48.5 Å². The van der Waals surface area contributed by atoms with E-state index in [1.165, 1.54) is 5.56 Å². The van der Waals surface area contributed by atoms with Gasteiger partial charge in [-0.15, -0.1) is 0 Å². The van der Waals surface area contributed by atoms with Gasteiger partial charge < -0.3 is 15.2 Å². The summed E-state index contributed by atoms with van der Waals surface area (Å²) in [6, 6.07) is 13.8. The number of hydrogen-bond donors (Lipinski definition) is 2. The number of hydrogen-bond acceptors (Lipinski definition) is 4. The van der Waals surface area contributed by atoms with Crippen LogP contribution in [0.4, 0.5) is 4.79 Å². The van der Waals surface area contributed by atoms with Gasteiger partial charge in [-0.2, -0.15) is 0 Å². The van der Waals surface area contributed by atoms with Crippen molar-refractivity contribution in [3.63, 3.8) is 0 Å². The Hall–Kier alpha value is -2.57. The zero-order valence-electron chi connectivity index (χ0n) is 17.6. The second-order valence-corrected chi connectivity index (χ2v) is 9.15. The number of carbonyl (C=O) groups excluding carboxylic acids is 2. The van der Waals surface area contributed by atoms with Gasteiger partial charge in [0.15, 0.2) is 0 Å². The fraction of sp³-hybridized carbons (Fsp3) is 0.391. The van der Waals surface area contributed by atoms with Crippen molar-refractivity contribution in [2.45, 2.75) is 44.8 Å². The lowest BCUT2D eigenvalue weighted by Gasteiger charge is -2.23. The third-order valence-corrected chi connectivity index (χ3v) is 5.50. The van der Waals surface area contributed by atoms with Gasteiger partial charge in [-0.05, 0) is 47.7 Å². The van der Waals surface area contributed by atoms with Gasteiger partial charge in [0.25, 0.3) is 5.91 Å². The summed E-state index contributed by atoms with van der Waals surface area (Å²) in [5.74, 6) is 0.189. The van der Waals surface area contributed by atoms with E-state index in [0.29, 0.717) is 16.3 Å². The van der Waals surface area contributed by atoms with E-state index in [1.807, 2.05) is 24.3 Å². The summed E-state index contributed by atoms with van der Waals surface area (Å²) in [6.07, 6.45) is -1.02. The van der Waals surface area contributed by atoms with Gasteiger partial charge in [0.1, 0.15) is 24.0 Å². The standard InChI is InChI=1S/C23H27ClN2O4/c1-22(2,3)15-7-11-19(12-8-15)30-14-18(27)13-26-20(28)23(4,25-21(26)29)16-5-9-17(24)10-6-16/h5-12,18,27H,13-14H2,1-4H3,(H,25,29)/t18-,23+/m1/s1. The minimum atomic E-state index is -1.20. The predicted octanol–water partition coefficient (Wildman–Crippen LogP) is 3.84. The smallest absolute Gasteiger partial charge is 0.325 e. The molecule has 0 bridgehead atoms. The average molecular weight is 431 g/mol. The number of rotatable bonds is 6. The molecule has 0 radical (unpaired) electrons. The third kappa shape index (κ3) is 4.60. The van der Waals surface area contributed by atoms with Crippen molar-refractivity contribution in [3.8, 4) is 5.75 Å². The molecule has 2 N–H and O–H groups in total. The van der Waals surface area contributed by atoms with E-state index in [1.54, 1.807) is 31.2 Å². The summed E-state index contributed by atoms with van der Waals surface area (Å²) in [5.41, 5.74) is 0.636. The highest BCUT2D eigenvalue weighted by molar-refractivity contribution is 6.30. The van der Waals surface area contributed by atoms with Gasteiger partial charge in [-0.25, -0.2) is 4.79 Å². The van der Waals surface area contributed by atoms with Crippen LogP contribution in [-0.4, -0.2) is 41.2 Å². The van der Waals surface area contributed by atoms with E-state index in [4.69, 9.17) is 16.3 Å². The molecule has 0 unspecified atom stereocenters. The number of imide groups is 1. The molecule has 1 fully saturated rings. The first-order valence-electron chi connectivity index (χ1n) is 9.82. The van der Waals surface area contributed by atoms with Gasteiger partial charge in [0, 0.05) is 5.02 Å². The summed E-state index contributed by atoms with van der Waals surface area (Å²) in [5, 5.41) is 13.6. The summed E-state index contributed by atoms with van der Waals surface area (Å²) in [6.45, 7) is 7.82. The van der Waals surface area contributed by atoms with Crippen LogP contribution in [-0.2, 0) is 15.7 Å². The molecule has 7 heteroatoms. The first kappa shape index (κ1) is 22.1. The highest BCUT2D eigenvalue weighted by Crippen LogP contribution is 2.30. The quantitative estimate of drug-likeness (QED) is 0.682. The van der Waals surface area contributed by atoms with Gasteiger partial charge in [0.05, 0.1) is 6.54 Å². The highest BCUT2D eigenvalue weighted by atomic mass is 35.5. The number of β-amino-alcohol motifs (C(OH)–C–C–N with tert-alkyl or cyclic N) is 1. The molecule has 1 aliphatic rings. The number of carbonyl (C=O) groups is 2. The van der Waals surface area contributed by atoms with Crippen molar-refractivity contribution in [1.82, 2.24) is 10.2 Å². The SMILES string of the molecule is CC(C)(C)c1ccc(OC[C@H](O)CN2C(=O)N[C@@](C)(c3ccc(Cl)cc3)C2=O)cc1. The zero-order chi connectivity index (χ0) is 22.1. The van der Waals surface area contributed by atoms with Crippen LogP contribution < -0.4 is 10.1 Å². The summed E-state index contributed by atoms with van der Waals surface area (Å²) < 4.78 is 5.63. The van der Waals surface area contributed by atoms with Crippen LogP contribution in [0.5, 0.6) is 5.75 Å². The van der Waals surface area contributed by atoms with Crippen LogP contribution in [0.25, 0.3) is 0 Å². The molecule has 0 aliphatic carbocycles. The lowest BCUT2D eigenvalue weighted by Crippen LogP contribution is -2.42. The third-order valence-electron chi connectivity index (χ3n) is 5.25. The Labute approximate surface area is 181 Å². The zero-order valence-corrected chi connectivity index (χ0v) is 18.4. The normalized spacial score (nSPS) is 20.3. The molecule has 2 aromatic carbocycles. The number of urea groups is 1. The number of aliphatic hydroxyl groups excluding tert-OH is 1. The Balaban J connectivity index is 1.61. The van der Waals surface area contributed by atoms with Gasteiger partial charge in [0.2, 0.25) is 0 Å². The molecule has 30 heavy (non-hydrogen) atoms. The van der Waals surface area contributed by atoms with E-state index < -0.39 is 23.6 Å². The van der Waals surface area contributed by atoms with E-state index in [9.17, 15) is 14.7 Å². The van der Waals surface area contributed by atoms with E-state index in [2.05, 4.69) is 26.1 Å². The molecular weight excluding hydrogens is 404 g/mol. The van der Waals surface area contributed by atoms with Crippen molar-refractivity contribution in [2.24, 2.45) is 0 Å². The molecule has 1 aliphatic heterocycles. The van der Waals surface area contributed by atoms with Crippen molar-refractivity contribution in [3.05, 3.63) is 64.7 Å². The number of benzene rings is 2. The molecule has 2 aromatic rings. The molecule has 2 atom stereocenters. The maximum Gasteiger partial charge on any atom is 0.325 e. The predicted molar refractivity (Wildman–Crippen MR) is 116 cm³/mol. The van der Waals surface area contributed by atoms with Crippen LogP contribution in [0.2, 0.25) is 5.02 Å². The number of amides is 3. The maximum absolute atomic E-state index is 12.9. The Morgan fingerprint density at radius 2 is 1.70 bits per heavy atom. The molecule has 3 amide bonds. The Morgan fingerprint density at radius 1 is 1.10 bits per heavy atom. The van der Waals surface area contributed by atoms with Crippen LogP contribution in [0.1, 0.15) is 38.8 Å². The first-order valence-corrected chi connectivity index (χ1v) is 10.2. The molecule has 0 aromatic heterocycles. The van der Waals surface area contributed by atoms with E-state index in [0.717, 1.165) is 4.90 Å². The van der Waals surface area contributed by atoms with Crippen molar-refractivity contribution in [2.75, 3.05) is 13.2 Å². The van der Waals surface area contributed by atoms with Crippen LogP contribution >= 0.6 is 11.6 Å². The number of nitrogens with zero attached hydrogens (tertiary/aromatic N) is 1. The molecule has 1 saturated heterocycles. The van der Waals surface area contributed by atoms with E-state index in [-0.39, 0.29) is 18.6 Å². The second kappa shape index (κ2) is 8.28. The molecule has 6 nitrogen and oxygen atoms in total. The molecular formula is C23H27ClN2O4. The number of nitrogens with one attached hydrogen (secondary N) is 1. The van der Waals surface area contributed by atoms with Crippen molar-refractivity contribution >= 4 is 23.5 Å². The monoisotopic (exact) mass is 430 g/mol. The summed E-state index contributed by atoms with van der Waals surface area (Å²) >= 11 is 5.91. The van der Waals surface area contributed by atoms with Crippen molar-refractivity contribution < 1.29 is 19.4 Å². The second-order valence-electron chi connectivity index (χ2n) is 8.72. The van der Waals surface area contributed by atoms with Crippen LogP contribution in [0.3, 0.4) is 0 Å². The fourth-order valence-electron chi connectivity index (χ4n) is 3.35. The molecule has 0 spiro atoms. The largest absolute Gasteiger partial charge is 0.491 e. The Bertz CT molecular complexity index is 922. The molecule has 1 heterocycles. The number of ether oxygens (including phenoxy) is 1. The highest BCUT2D eigenvalue weighted by Gasteiger charge is 2.49. The van der Waals surface area contributed by atoms with Crippen molar-refractivity contribution in [1.29, 1.82) is 0 Å². The lowest BCUT2D eigenvalue weighted by atomic mass is 9.87. The van der Waals surface area contributed by atoms with Gasteiger partial charge in [-0.3, -0.25) is 9.69 Å². The van der Waals surface area contributed by atoms with Gasteiger partial charge >= 0.3 is 6.03 Å². The maximum atomic E-state index is 12.9. The molecule has 160 valence electrons. The minimum absolute atomic E-state index is 0.0381. The minimum Gasteiger partial charge on any atom is -0.491 e. The summed E-state index contributed by atoms with van der Waals surface area (Å²) in [4.78, 5) is 26.3. The number of halogens is 1. The molecule has 3 rings (SSSR count). The lowest BCUT2D eigenvalue weighted by molar-refractivity contribution is -0.132. The Kier molecular flexibility index (Phi) is 6.11. The first-order chi connectivity index (χ1) is 14.0. The topological polar surface area (TPSA) is 78.9 Å². The van der Waals surface area contributed by atoms with E-state index >= 15 is 0 Å². The van der Waals surface area contributed by atoms with Gasteiger partial charge in [-0.1, -0.05) is 56.6 Å². The average Bonchev–Trinajstić information content (AvgIpc) is 2.90. The molecule has 0 saturated carbocycles. The summed E-state index contributed by atoms with van der Waals surface area (Å²) in [7, 11) is 0. The number of aliphatic hydroxyl groups is 1.